The zero-order valence-electron chi connectivity index (χ0n) is 19.0. The monoisotopic (exact) mass is 428 g/mol. The Kier molecular flexibility index (Phi) is 5.04. The third-order valence-corrected chi connectivity index (χ3v) is 6.21. The molecule has 1 fully saturated rings. The molecule has 1 aliphatic rings. The number of amides is 1. The molecule has 0 radical (unpaired) electrons. The standard InChI is InChI=1S/C25H28N6O/c1-16(2)22-27-28-23-20-10-5-6-11-21(20)26-25(31(22)23)29-12-13-30(18(4)15-29)24(32)19-9-7-8-17(3)14-19/h5-11,14,16,18H,12-13,15H2,1-4H3/t18-/m0/s1. The highest BCUT2D eigenvalue weighted by atomic mass is 16.2. The minimum atomic E-state index is 0.0547. The molecule has 164 valence electrons. The van der Waals surface area contributed by atoms with Gasteiger partial charge in [0.2, 0.25) is 5.95 Å². The number of aryl methyl sites for hydroxylation is 1. The molecule has 0 aliphatic carbocycles. The quantitative estimate of drug-likeness (QED) is 0.492. The molecule has 5 rings (SSSR count). The van der Waals surface area contributed by atoms with Crippen molar-refractivity contribution >= 4 is 28.4 Å². The lowest BCUT2D eigenvalue weighted by Crippen LogP contribution is -2.54. The predicted molar refractivity (Wildman–Crippen MR) is 126 cm³/mol. The highest BCUT2D eigenvalue weighted by molar-refractivity contribution is 5.95. The fourth-order valence-corrected chi connectivity index (χ4v) is 4.56. The maximum absolute atomic E-state index is 13.2. The zero-order chi connectivity index (χ0) is 22.4. The molecule has 0 spiro atoms. The first kappa shape index (κ1) is 20.4. The minimum Gasteiger partial charge on any atom is -0.338 e. The lowest BCUT2D eigenvalue weighted by molar-refractivity contribution is 0.0673. The van der Waals surface area contributed by atoms with E-state index < -0.39 is 0 Å². The summed E-state index contributed by atoms with van der Waals surface area (Å²) in [7, 11) is 0. The highest BCUT2D eigenvalue weighted by Gasteiger charge is 2.31. The molecule has 0 bridgehead atoms. The molecule has 1 atom stereocenters. The number of rotatable bonds is 3. The van der Waals surface area contributed by atoms with Gasteiger partial charge in [-0.25, -0.2) is 9.38 Å². The van der Waals surface area contributed by atoms with Crippen LogP contribution in [0.25, 0.3) is 16.6 Å². The smallest absolute Gasteiger partial charge is 0.254 e. The second kappa shape index (κ2) is 7.89. The van der Waals surface area contributed by atoms with Gasteiger partial charge in [-0.1, -0.05) is 43.7 Å². The SMILES string of the molecule is Cc1cccc(C(=O)N2CCN(c3nc4ccccc4c4nnc(C(C)C)n34)C[C@@H]2C)c1. The van der Waals surface area contributed by atoms with Gasteiger partial charge in [-0.15, -0.1) is 10.2 Å². The van der Waals surface area contributed by atoms with Crippen LogP contribution in [0.5, 0.6) is 0 Å². The number of anilines is 1. The second-order valence-electron chi connectivity index (χ2n) is 8.96. The van der Waals surface area contributed by atoms with Gasteiger partial charge in [0, 0.05) is 42.5 Å². The van der Waals surface area contributed by atoms with Crippen LogP contribution in [0, 0.1) is 6.92 Å². The van der Waals surface area contributed by atoms with Crippen LogP contribution >= 0.6 is 0 Å². The van der Waals surface area contributed by atoms with Crippen molar-refractivity contribution in [3.63, 3.8) is 0 Å². The highest BCUT2D eigenvalue weighted by Crippen LogP contribution is 2.28. The van der Waals surface area contributed by atoms with Crippen LogP contribution in [0.15, 0.2) is 48.5 Å². The summed E-state index contributed by atoms with van der Waals surface area (Å²) < 4.78 is 2.09. The summed E-state index contributed by atoms with van der Waals surface area (Å²) in [6, 6.07) is 15.9. The first-order valence-corrected chi connectivity index (χ1v) is 11.2. The average molecular weight is 429 g/mol. The molecule has 0 N–H and O–H groups in total. The van der Waals surface area contributed by atoms with Crippen molar-refractivity contribution in [3.05, 3.63) is 65.5 Å². The Morgan fingerprint density at radius 3 is 2.62 bits per heavy atom. The summed E-state index contributed by atoms with van der Waals surface area (Å²) in [6.45, 7) is 10.4. The summed E-state index contributed by atoms with van der Waals surface area (Å²) in [5.41, 5.74) is 3.58. The molecule has 3 heterocycles. The van der Waals surface area contributed by atoms with Gasteiger partial charge in [0.05, 0.1) is 5.52 Å². The van der Waals surface area contributed by atoms with Crippen molar-refractivity contribution in [1.82, 2.24) is 24.5 Å². The van der Waals surface area contributed by atoms with E-state index in [1.165, 1.54) is 0 Å². The molecular weight excluding hydrogens is 400 g/mol. The topological polar surface area (TPSA) is 66.6 Å². The predicted octanol–water partition coefficient (Wildman–Crippen LogP) is 4.06. The number of carbonyl (C=O) groups excluding carboxylic acids is 1. The molecule has 7 heteroatoms. The number of piperazine rings is 1. The van der Waals surface area contributed by atoms with Crippen molar-refractivity contribution < 1.29 is 4.79 Å². The van der Waals surface area contributed by atoms with Gasteiger partial charge in [0.1, 0.15) is 5.82 Å². The van der Waals surface area contributed by atoms with E-state index in [0.717, 1.165) is 39.4 Å². The van der Waals surface area contributed by atoms with Crippen LogP contribution in [-0.4, -0.2) is 56.1 Å². The van der Waals surface area contributed by atoms with Gasteiger partial charge in [-0.3, -0.25) is 4.79 Å². The number of fused-ring (bicyclic) bond motifs is 3. The maximum Gasteiger partial charge on any atom is 0.254 e. The van der Waals surface area contributed by atoms with E-state index in [0.29, 0.717) is 19.6 Å². The first-order chi connectivity index (χ1) is 15.4. The largest absolute Gasteiger partial charge is 0.338 e. The van der Waals surface area contributed by atoms with Crippen LogP contribution < -0.4 is 4.90 Å². The summed E-state index contributed by atoms with van der Waals surface area (Å²) >= 11 is 0. The molecule has 1 aliphatic heterocycles. The molecule has 2 aromatic heterocycles. The van der Waals surface area contributed by atoms with Gasteiger partial charge >= 0.3 is 0 Å². The van der Waals surface area contributed by atoms with Crippen molar-refractivity contribution in [1.29, 1.82) is 0 Å². The Labute approximate surface area is 187 Å². The first-order valence-electron chi connectivity index (χ1n) is 11.2. The molecule has 1 saturated heterocycles. The summed E-state index contributed by atoms with van der Waals surface area (Å²) in [5, 5.41) is 10.0. The van der Waals surface area contributed by atoms with Crippen molar-refractivity contribution in [2.75, 3.05) is 24.5 Å². The molecular formula is C25H28N6O. The zero-order valence-corrected chi connectivity index (χ0v) is 19.0. The third-order valence-electron chi connectivity index (χ3n) is 6.21. The van der Waals surface area contributed by atoms with Gasteiger partial charge in [0.25, 0.3) is 5.91 Å². The second-order valence-corrected chi connectivity index (χ2v) is 8.96. The molecule has 32 heavy (non-hydrogen) atoms. The van der Waals surface area contributed by atoms with Gasteiger partial charge in [-0.05, 0) is 38.1 Å². The van der Waals surface area contributed by atoms with Crippen LogP contribution in [0.2, 0.25) is 0 Å². The average Bonchev–Trinajstić information content (AvgIpc) is 3.24. The Bertz CT molecular complexity index is 1310. The number of hydrogen-bond acceptors (Lipinski definition) is 5. The van der Waals surface area contributed by atoms with E-state index in [2.05, 4.69) is 40.3 Å². The lowest BCUT2D eigenvalue weighted by atomic mass is 10.1. The molecule has 0 saturated carbocycles. The molecule has 2 aromatic carbocycles. The Morgan fingerprint density at radius 1 is 1.06 bits per heavy atom. The van der Waals surface area contributed by atoms with Crippen molar-refractivity contribution in [2.45, 2.75) is 39.7 Å². The van der Waals surface area contributed by atoms with Crippen molar-refractivity contribution in [2.24, 2.45) is 0 Å². The Balaban J connectivity index is 1.51. The molecule has 1 amide bonds. The number of hydrogen-bond donors (Lipinski definition) is 0. The van der Waals surface area contributed by atoms with Crippen LogP contribution in [0.4, 0.5) is 5.95 Å². The summed E-state index contributed by atoms with van der Waals surface area (Å²) in [5.74, 6) is 2.05. The third kappa shape index (κ3) is 3.38. The van der Waals surface area contributed by atoms with Gasteiger partial charge in [-0.2, -0.15) is 0 Å². The van der Waals surface area contributed by atoms with Crippen LogP contribution in [0.1, 0.15) is 48.4 Å². The van der Waals surface area contributed by atoms with E-state index in [1.54, 1.807) is 0 Å². The number of nitrogens with zero attached hydrogens (tertiary/aromatic N) is 6. The van der Waals surface area contributed by atoms with E-state index in [-0.39, 0.29) is 17.9 Å². The summed E-state index contributed by atoms with van der Waals surface area (Å²) in [6.07, 6.45) is 0. The Hall–Kier alpha value is -3.48. The van der Waals surface area contributed by atoms with Gasteiger partial charge in [0.15, 0.2) is 5.65 Å². The molecule has 4 aromatic rings. The van der Waals surface area contributed by atoms with E-state index in [9.17, 15) is 4.79 Å². The molecule has 0 unspecified atom stereocenters. The van der Waals surface area contributed by atoms with Crippen LogP contribution in [0.3, 0.4) is 0 Å². The lowest BCUT2D eigenvalue weighted by Gasteiger charge is -2.40. The maximum atomic E-state index is 13.2. The van der Waals surface area contributed by atoms with E-state index >= 15 is 0 Å². The van der Waals surface area contributed by atoms with Crippen LogP contribution in [-0.2, 0) is 0 Å². The number of benzene rings is 2. The fourth-order valence-electron chi connectivity index (χ4n) is 4.56. The van der Waals surface area contributed by atoms with E-state index in [4.69, 9.17) is 4.98 Å². The fraction of sp³-hybridized carbons (Fsp3) is 0.360. The normalized spacial score (nSPS) is 17.0. The van der Waals surface area contributed by atoms with Crippen molar-refractivity contribution in [3.8, 4) is 0 Å². The minimum absolute atomic E-state index is 0.0547. The number of carbonyl (C=O) groups is 1. The van der Waals surface area contributed by atoms with E-state index in [1.807, 2.05) is 60.4 Å². The number of para-hydroxylation sites is 1. The van der Waals surface area contributed by atoms with Gasteiger partial charge < -0.3 is 9.80 Å². The molecule has 7 nitrogen and oxygen atoms in total. The Morgan fingerprint density at radius 2 is 1.88 bits per heavy atom. The number of aromatic nitrogens is 4. The summed E-state index contributed by atoms with van der Waals surface area (Å²) in [4.78, 5) is 22.4.